The van der Waals surface area contributed by atoms with Crippen LogP contribution in [0.3, 0.4) is 0 Å². The number of aliphatic carboxylic acids is 1. The maximum absolute atomic E-state index is 11.9. The average Bonchev–Trinajstić information content (AvgIpc) is 2.35. The monoisotopic (exact) mass is 257 g/mol. The minimum Gasteiger partial charge on any atom is -0.480 e. The maximum Gasteiger partial charge on any atom is 0.326 e. The standard InChI is InChI=1S/C12H23N3O3/c1-4-10(11(16)17)13-12(18)15-7-6-14(5-2)9(3)8-15/h9-10H,4-8H2,1-3H3,(H,13,18)(H,16,17). The van der Waals surface area contributed by atoms with Crippen LogP contribution in [-0.2, 0) is 4.79 Å². The van der Waals surface area contributed by atoms with Gasteiger partial charge in [-0.25, -0.2) is 9.59 Å². The molecule has 1 rings (SSSR count). The number of carboxylic acids is 1. The molecule has 18 heavy (non-hydrogen) atoms. The number of hydrogen-bond donors (Lipinski definition) is 2. The third-order valence-electron chi connectivity index (χ3n) is 3.46. The summed E-state index contributed by atoms with van der Waals surface area (Å²) in [6, 6.07) is -0.747. The highest BCUT2D eigenvalue weighted by Gasteiger charge is 2.27. The van der Waals surface area contributed by atoms with Crippen LogP contribution in [0, 0.1) is 0 Å². The molecule has 2 atom stereocenters. The molecule has 0 radical (unpaired) electrons. The van der Waals surface area contributed by atoms with Gasteiger partial charge in [0.15, 0.2) is 0 Å². The Kier molecular flexibility index (Phi) is 5.40. The fraction of sp³-hybridized carbons (Fsp3) is 0.833. The minimum absolute atomic E-state index is 0.271. The van der Waals surface area contributed by atoms with Crippen LogP contribution in [0.4, 0.5) is 4.79 Å². The molecule has 0 saturated carbocycles. The van der Waals surface area contributed by atoms with E-state index in [0.717, 1.165) is 13.1 Å². The van der Waals surface area contributed by atoms with Crippen molar-refractivity contribution in [1.29, 1.82) is 0 Å². The van der Waals surface area contributed by atoms with E-state index in [4.69, 9.17) is 5.11 Å². The second-order valence-corrected chi connectivity index (χ2v) is 4.67. The molecule has 2 unspecified atom stereocenters. The first-order chi connectivity index (χ1) is 8.49. The summed E-state index contributed by atoms with van der Waals surface area (Å²) in [4.78, 5) is 26.8. The number of nitrogens with zero attached hydrogens (tertiary/aromatic N) is 2. The Labute approximate surface area is 108 Å². The van der Waals surface area contributed by atoms with E-state index in [2.05, 4.69) is 24.1 Å². The molecule has 2 N–H and O–H groups in total. The SMILES string of the molecule is CCC(NC(=O)N1CCN(CC)C(C)C1)C(=O)O. The van der Waals surface area contributed by atoms with Crippen LogP contribution < -0.4 is 5.32 Å². The molecular formula is C12H23N3O3. The number of nitrogens with one attached hydrogen (secondary N) is 1. The summed E-state index contributed by atoms with van der Waals surface area (Å²) in [5.74, 6) is -0.980. The summed E-state index contributed by atoms with van der Waals surface area (Å²) >= 11 is 0. The smallest absolute Gasteiger partial charge is 0.326 e. The van der Waals surface area contributed by atoms with Crippen molar-refractivity contribution in [3.63, 3.8) is 0 Å². The van der Waals surface area contributed by atoms with Gasteiger partial charge in [-0.1, -0.05) is 13.8 Å². The Morgan fingerprint density at radius 1 is 1.39 bits per heavy atom. The normalized spacial score (nSPS) is 22.6. The highest BCUT2D eigenvalue weighted by molar-refractivity contribution is 5.82. The summed E-state index contributed by atoms with van der Waals surface area (Å²) in [6.45, 7) is 9.05. The first kappa shape index (κ1) is 14.8. The lowest BCUT2D eigenvalue weighted by Crippen LogP contribution is -2.57. The Balaban J connectivity index is 2.51. The summed E-state index contributed by atoms with van der Waals surface area (Å²) in [7, 11) is 0. The lowest BCUT2D eigenvalue weighted by Gasteiger charge is -2.39. The van der Waals surface area contributed by atoms with Gasteiger partial charge in [-0.15, -0.1) is 0 Å². The average molecular weight is 257 g/mol. The molecule has 0 aromatic rings. The van der Waals surface area contributed by atoms with Gasteiger partial charge in [-0.2, -0.15) is 0 Å². The van der Waals surface area contributed by atoms with Gasteiger partial charge < -0.3 is 15.3 Å². The molecule has 2 amide bonds. The Hall–Kier alpha value is -1.30. The van der Waals surface area contributed by atoms with E-state index >= 15 is 0 Å². The summed E-state index contributed by atoms with van der Waals surface area (Å²) < 4.78 is 0. The van der Waals surface area contributed by atoms with Crippen molar-refractivity contribution in [3.05, 3.63) is 0 Å². The fourth-order valence-corrected chi connectivity index (χ4v) is 2.23. The third-order valence-corrected chi connectivity index (χ3v) is 3.46. The van der Waals surface area contributed by atoms with Crippen LogP contribution in [0.2, 0.25) is 0 Å². The molecule has 1 aliphatic rings. The van der Waals surface area contributed by atoms with E-state index in [1.54, 1.807) is 11.8 Å². The molecule has 0 bridgehead atoms. The predicted molar refractivity (Wildman–Crippen MR) is 68.5 cm³/mol. The van der Waals surface area contributed by atoms with Crippen molar-refractivity contribution < 1.29 is 14.7 Å². The molecule has 0 spiro atoms. The predicted octanol–water partition coefficient (Wildman–Crippen LogP) is 0.585. The van der Waals surface area contributed by atoms with Crippen LogP contribution >= 0.6 is 0 Å². The van der Waals surface area contributed by atoms with Gasteiger partial charge in [-0.3, -0.25) is 4.90 Å². The Bertz CT molecular complexity index is 309. The molecule has 0 aliphatic carbocycles. The first-order valence-corrected chi connectivity index (χ1v) is 6.51. The molecule has 1 aliphatic heterocycles. The second-order valence-electron chi connectivity index (χ2n) is 4.67. The van der Waals surface area contributed by atoms with Gasteiger partial charge in [0.25, 0.3) is 0 Å². The van der Waals surface area contributed by atoms with E-state index in [1.807, 2.05) is 0 Å². The van der Waals surface area contributed by atoms with Crippen molar-refractivity contribution in [3.8, 4) is 0 Å². The van der Waals surface area contributed by atoms with E-state index in [-0.39, 0.29) is 6.03 Å². The number of urea groups is 1. The third kappa shape index (κ3) is 3.60. The van der Waals surface area contributed by atoms with Crippen molar-refractivity contribution in [2.24, 2.45) is 0 Å². The molecule has 1 fully saturated rings. The number of piperazine rings is 1. The van der Waals surface area contributed by atoms with Crippen LogP contribution in [0.25, 0.3) is 0 Å². The molecule has 1 heterocycles. The van der Waals surface area contributed by atoms with Gasteiger partial charge in [0.1, 0.15) is 6.04 Å². The van der Waals surface area contributed by atoms with E-state index in [9.17, 15) is 9.59 Å². The highest BCUT2D eigenvalue weighted by atomic mass is 16.4. The van der Waals surface area contributed by atoms with E-state index in [0.29, 0.717) is 25.6 Å². The number of carbonyl (C=O) groups excluding carboxylic acids is 1. The van der Waals surface area contributed by atoms with Gasteiger partial charge in [0.2, 0.25) is 0 Å². The Morgan fingerprint density at radius 3 is 2.50 bits per heavy atom. The zero-order chi connectivity index (χ0) is 13.7. The number of carboxylic acid groups (broad SMARTS) is 1. The van der Waals surface area contributed by atoms with Crippen LogP contribution in [0.1, 0.15) is 27.2 Å². The van der Waals surface area contributed by atoms with Gasteiger partial charge in [-0.05, 0) is 19.9 Å². The minimum atomic E-state index is -0.980. The van der Waals surface area contributed by atoms with Gasteiger partial charge in [0, 0.05) is 25.7 Å². The van der Waals surface area contributed by atoms with Gasteiger partial charge in [0.05, 0.1) is 0 Å². The fourth-order valence-electron chi connectivity index (χ4n) is 2.23. The molecular weight excluding hydrogens is 234 g/mol. The molecule has 6 heteroatoms. The van der Waals surface area contributed by atoms with Crippen molar-refractivity contribution >= 4 is 12.0 Å². The number of hydrogen-bond acceptors (Lipinski definition) is 3. The topological polar surface area (TPSA) is 72.9 Å². The first-order valence-electron chi connectivity index (χ1n) is 6.51. The maximum atomic E-state index is 11.9. The molecule has 1 saturated heterocycles. The van der Waals surface area contributed by atoms with E-state index < -0.39 is 12.0 Å². The zero-order valence-electron chi connectivity index (χ0n) is 11.3. The quantitative estimate of drug-likeness (QED) is 0.773. The van der Waals surface area contributed by atoms with Crippen molar-refractivity contribution in [2.45, 2.75) is 39.3 Å². The number of rotatable bonds is 4. The largest absolute Gasteiger partial charge is 0.480 e. The lowest BCUT2D eigenvalue weighted by atomic mass is 10.2. The summed E-state index contributed by atoms with van der Waals surface area (Å²) in [5.41, 5.74) is 0. The van der Waals surface area contributed by atoms with E-state index in [1.165, 1.54) is 0 Å². The molecule has 0 aromatic heterocycles. The number of amides is 2. The molecule has 0 aromatic carbocycles. The van der Waals surface area contributed by atoms with Crippen LogP contribution in [0.15, 0.2) is 0 Å². The molecule has 6 nitrogen and oxygen atoms in total. The van der Waals surface area contributed by atoms with Crippen LogP contribution in [-0.4, -0.2) is 65.2 Å². The second kappa shape index (κ2) is 6.58. The zero-order valence-corrected chi connectivity index (χ0v) is 11.3. The van der Waals surface area contributed by atoms with Gasteiger partial charge >= 0.3 is 12.0 Å². The lowest BCUT2D eigenvalue weighted by molar-refractivity contribution is -0.139. The highest BCUT2D eigenvalue weighted by Crippen LogP contribution is 2.09. The van der Waals surface area contributed by atoms with Crippen molar-refractivity contribution in [2.75, 3.05) is 26.2 Å². The molecule has 104 valence electrons. The summed E-state index contributed by atoms with van der Waals surface area (Å²) in [5, 5.41) is 11.5. The van der Waals surface area contributed by atoms with Crippen LogP contribution in [0.5, 0.6) is 0 Å². The Morgan fingerprint density at radius 2 is 2.06 bits per heavy atom. The number of likely N-dealkylation sites (N-methyl/N-ethyl adjacent to an activating group) is 1. The number of carbonyl (C=O) groups is 2. The summed E-state index contributed by atoms with van der Waals surface area (Å²) in [6.07, 6.45) is 0.394. The van der Waals surface area contributed by atoms with Crippen molar-refractivity contribution in [1.82, 2.24) is 15.1 Å².